The highest BCUT2D eigenvalue weighted by atomic mass is 32.2. The number of benzene rings is 3. The Kier molecular flexibility index (Phi) is 6.93. The van der Waals surface area contributed by atoms with Crippen LogP contribution in [0.25, 0.3) is 0 Å². The number of carbonyl (C=O) groups excluding carboxylic acids is 2. The molecule has 0 aromatic heterocycles. The molecular weight excluding hydrogens is 479 g/mol. The molecule has 1 atom stereocenters. The Labute approximate surface area is 204 Å². The third-order valence-corrected chi connectivity index (χ3v) is 6.57. The molecular formula is C25H22F3N3O3S. The molecule has 35 heavy (non-hydrogen) atoms. The van der Waals surface area contributed by atoms with Crippen LogP contribution in [-0.2, 0) is 11.0 Å². The minimum absolute atomic E-state index is 0.0534. The summed E-state index contributed by atoms with van der Waals surface area (Å²) in [5, 5.41) is 4.88. The molecule has 1 aliphatic heterocycles. The zero-order valence-electron chi connectivity index (χ0n) is 18.8. The van der Waals surface area contributed by atoms with E-state index >= 15 is 0 Å². The normalized spacial score (nSPS) is 15.7. The van der Waals surface area contributed by atoms with Crippen molar-refractivity contribution in [1.82, 2.24) is 0 Å². The second-order valence-corrected chi connectivity index (χ2v) is 8.95. The van der Waals surface area contributed by atoms with E-state index in [2.05, 4.69) is 10.6 Å². The van der Waals surface area contributed by atoms with Gasteiger partial charge in [0.1, 0.15) is 11.1 Å². The van der Waals surface area contributed by atoms with Gasteiger partial charge in [0.25, 0.3) is 0 Å². The molecule has 10 heteroatoms. The van der Waals surface area contributed by atoms with E-state index in [1.165, 1.54) is 23.9 Å². The van der Waals surface area contributed by atoms with Crippen LogP contribution in [0.4, 0.5) is 35.0 Å². The second-order valence-electron chi connectivity index (χ2n) is 7.88. The average Bonchev–Trinajstić information content (AvgIpc) is 3.20. The van der Waals surface area contributed by atoms with Crippen molar-refractivity contribution in [2.24, 2.45) is 0 Å². The van der Waals surface area contributed by atoms with Crippen LogP contribution in [0.1, 0.15) is 22.1 Å². The maximum atomic E-state index is 12.8. The Morgan fingerprint density at radius 1 is 1.03 bits per heavy atom. The van der Waals surface area contributed by atoms with Gasteiger partial charge in [0.05, 0.1) is 24.1 Å². The third kappa shape index (κ3) is 5.54. The SMILES string of the molecule is COc1ccc(C)cc1N1C(=O)CS[C@@H]1c1cccc(NC(=O)Nc2ccc(C(F)(F)F)cc2)c1. The molecule has 0 bridgehead atoms. The number of rotatable bonds is 5. The number of nitrogens with zero attached hydrogens (tertiary/aromatic N) is 1. The topological polar surface area (TPSA) is 70.7 Å². The van der Waals surface area contributed by atoms with Crippen LogP contribution in [0.2, 0.25) is 0 Å². The lowest BCUT2D eigenvalue weighted by molar-refractivity contribution is -0.137. The fraction of sp³-hybridized carbons (Fsp3) is 0.200. The number of carbonyl (C=O) groups is 2. The molecule has 182 valence electrons. The molecule has 3 amide bonds. The number of nitrogens with one attached hydrogen (secondary N) is 2. The number of ether oxygens (including phenoxy) is 1. The van der Waals surface area contributed by atoms with E-state index < -0.39 is 17.8 Å². The number of anilines is 3. The van der Waals surface area contributed by atoms with Crippen molar-refractivity contribution < 1.29 is 27.5 Å². The Morgan fingerprint density at radius 2 is 1.74 bits per heavy atom. The van der Waals surface area contributed by atoms with Gasteiger partial charge in [-0.15, -0.1) is 11.8 Å². The van der Waals surface area contributed by atoms with Crippen molar-refractivity contribution in [2.75, 3.05) is 28.4 Å². The van der Waals surface area contributed by atoms with Crippen molar-refractivity contribution in [3.63, 3.8) is 0 Å². The van der Waals surface area contributed by atoms with Gasteiger partial charge in [0.2, 0.25) is 5.91 Å². The number of halogens is 3. The molecule has 1 heterocycles. The molecule has 0 spiro atoms. The average molecular weight is 502 g/mol. The van der Waals surface area contributed by atoms with E-state index in [0.29, 0.717) is 22.9 Å². The first-order valence-electron chi connectivity index (χ1n) is 10.6. The number of hydrogen-bond donors (Lipinski definition) is 2. The monoisotopic (exact) mass is 501 g/mol. The molecule has 6 nitrogen and oxygen atoms in total. The summed E-state index contributed by atoms with van der Waals surface area (Å²) in [6.45, 7) is 1.94. The van der Waals surface area contributed by atoms with E-state index in [9.17, 15) is 22.8 Å². The van der Waals surface area contributed by atoms with Gasteiger partial charge in [-0.25, -0.2) is 4.79 Å². The first-order chi connectivity index (χ1) is 16.7. The highest BCUT2D eigenvalue weighted by Crippen LogP contribution is 2.45. The predicted octanol–water partition coefficient (Wildman–Crippen LogP) is 6.45. The number of alkyl halides is 3. The van der Waals surface area contributed by atoms with Crippen molar-refractivity contribution in [3.05, 3.63) is 83.4 Å². The summed E-state index contributed by atoms with van der Waals surface area (Å²) in [5.41, 5.74) is 2.36. The van der Waals surface area contributed by atoms with Crippen molar-refractivity contribution in [1.29, 1.82) is 0 Å². The van der Waals surface area contributed by atoms with Crippen LogP contribution in [0, 0.1) is 6.92 Å². The second kappa shape index (κ2) is 9.91. The number of hydrogen-bond acceptors (Lipinski definition) is 4. The first kappa shape index (κ1) is 24.5. The Balaban J connectivity index is 1.51. The summed E-state index contributed by atoms with van der Waals surface area (Å²) in [7, 11) is 1.55. The molecule has 4 rings (SSSR count). The number of thioether (sulfide) groups is 1. The molecule has 1 saturated heterocycles. The maximum absolute atomic E-state index is 12.8. The molecule has 0 aliphatic carbocycles. The lowest BCUT2D eigenvalue weighted by Gasteiger charge is -2.26. The Morgan fingerprint density at radius 3 is 2.43 bits per heavy atom. The summed E-state index contributed by atoms with van der Waals surface area (Å²) in [6, 6.07) is 16.3. The smallest absolute Gasteiger partial charge is 0.416 e. The number of amides is 3. The van der Waals surface area contributed by atoms with Crippen LogP contribution >= 0.6 is 11.8 Å². The van der Waals surface area contributed by atoms with Crippen LogP contribution in [0.5, 0.6) is 5.75 Å². The number of methoxy groups -OCH3 is 1. The highest BCUT2D eigenvalue weighted by Gasteiger charge is 2.36. The van der Waals surface area contributed by atoms with Crippen molar-refractivity contribution >= 4 is 40.8 Å². The zero-order valence-corrected chi connectivity index (χ0v) is 19.7. The quantitative estimate of drug-likeness (QED) is 0.422. The predicted molar refractivity (Wildman–Crippen MR) is 131 cm³/mol. The first-order valence-corrected chi connectivity index (χ1v) is 11.6. The highest BCUT2D eigenvalue weighted by molar-refractivity contribution is 8.00. The van der Waals surface area contributed by atoms with Crippen LogP contribution < -0.4 is 20.3 Å². The van der Waals surface area contributed by atoms with E-state index in [4.69, 9.17) is 4.74 Å². The molecule has 3 aromatic carbocycles. The summed E-state index contributed by atoms with van der Waals surface area (Å²) in [4.78, 5) is 26.9. The molecule has 1 fully saturated rings. The van der Waals surface area contributed by atoms with Crippen LogP contribution in [-0.4, -0.2) is 24.8 Å². The fourth-order valence-electron chi connectivity index (χ4n) is 3.73. The molecule has 0 unspecified atom stereocenters. The minimum Gasteiger partial charge on any atom is -0.495 e. The summed E-state index contributed by atoms with van der Waals surface area (Å²) >= 11 is 1.47. The maximum Gasteiger partial charge on any atom is 0.416 e. The van der Waals surface area contributed by atoms with E-state index in [1.54, 1.807) is 30.2 Å². The van der Waals surface area contributed by atoms with Gasteiger partial charge in [-0.05, 0) is 66.6 Å². The lowest BCUT2D eigenvalue weighted by atomic mass is 10.1. The van der Waals surface area contributed by atoms with Gasteiger partial charge in [-0.2, -0.15) is 13.2 Å². The fourth-order valence-corrected chi connectivity index (χ4v) is 4.88. The van der Waals surface area contributed by atoms with E-state index in [1.807, 2.05) is 31.2 Å². The van der Waals surface area contributed by atoms with Gasteiger partial charge in [-0.3, -0.25) is 9.69 Å². The summed E-state index contributed by atoms with van der Waals surface area (Å²) in [5.74, 6) is 0.831. The summed E-state index contributed by atoms with van der Waals surface area (Å²) < 4.78 is 43.6. The minimum atomic E-state index is -4.45. The van der Waals surface area contributed by atoms with Crippen LogP contribution in [0.3, 0.4) is 0 Å². The summed E-state index contributed by atoms with van der Waals surface area (Å²) in [6.07, 6.45) is -4.45. The van der Waals surface area contributed by atoms with Gasteiger partial charge < -0.3 is 15.4 Å². The largest absolute Gasteiger partial charge is 0.495 e. The molecule has 3 aromatic rings. The standard InChI is InChI=1S/C25H22F3N3O3S/c1-15-6-11-21(34-2)20(12-15)31-22(32)14-35-23(31)16-4-3-5-19(13-16)30-24(33)29-18-9-7-17(8-10-18)25(26,27)28/h3-13,23H,14H2,1-2H3,(H2,29,30,33)/t23-/m1/s1. The molecule has 0 saturated carbocycles. The molecule has 1 aliphatic rings. The lowest BCUT2D eigenvalue weighted by Crippen LogP contribution is -2.28. The van der Waals surface area contributed by atoms with Gasteiger partial charge in [0, 0.05) is 11.4 Å². The van der Waals surface area contributed by atoms with E-state index in [-0.39, 0.29) is 17.0 Å². The third-order valence-electron chi connectivity index (χ3n) is 5.36. The van der Waals surface area contributed by atoms with Gasteiger partial charge >= 0.3 is 12.2 Å². The number of urea groups is 1. The van der Waals surface area contributed by atoms with E-state index in [0.717, 1.165) is 23.3 Å². The van der Waals surface area contributed by atoms with Gasteiger partial charge in [-0.1, -0.05) is 18.2 Å². The number of aryl methyl sites for hydroxylation is 1. The van der Waals surface area contributed by atoms with Gasteiger partial charge in [0.15, 0.2) is 0 Å². The Hall–Kier alpha value is -3.66. The Bertz CT molecular complexity index is 1250. The zero-order chi connectivity index (χ0) is 25.2. The molecule has 2 N–H and O–H groups in total. The molecule has 0 radical (unpaired) electrons. The van der Waals surface area contributed by atoms with Crippen molar-refractivity contribution in [2.45, 2.75) is 18.5 Å². The van der Waals surface area contributed by atoms with Crippen LogP contribution in [0.15, 0.2) is 66.7 Å². The van der Waals surface area contributed by atoms with Crippen molar-refractivity contribution in [3.8, 4) is 5.75 Å².